The van der Waals surface area contributed by atoms with Crippen LogP contribution in [0.1, 0.15) is 43.3 Å². The number of nitrogens with one attached hydrogen (secondary N) is 2. The number of carbonyl (C=O) groups excluding carboxylic acids is 2. The van der Waals surface area contributed by atoms with Crippen LogP contribution in [-0.4, -0.2) is 42.7 Å². The van der Waals surface area contributed by atoms with Crippen LogP contribution >= 0.6 is 11.3 Å². The minimum absolute atomic E-state index is 0.0383. The molecule has 1 aliphatic rings. The average molecular weight is 522 g/mol. The summed E-state index contributed by atoms with van der Waals surface area (Å²) in [6.07, 6.45) is 1.07. The monoisotopic (exact) mass is 521 g/mol. The lowest BCUT2D eigenvalue weighted by atomic mass is 9.80. The number of hydrogen-bond donors (Lipinski definition) is 2. The number of fused-ring (bicyclic) bond motifs is 1. The van der Waals surface area contributed by atoms with Gasteiger partial charge in [0, 0.05) is 17.5 Å². The summed E-state index contributed by atoms with van der Waals surface area (Å²) in [4.78, 5) is 31.1. The predicted molar refractivity (Wildman–Crippen MR) is 146 cm³/mol. The standard InChI is InChI=1S/C29H35N3O4S/c1-28(2,3)36-26(33)17-29(15-21-7-5-6-8-22(21)16-29)27(34)31-18-25-32-24(19-37-25)20-9-11-23(12-10-20)35-14-13-30-4/h5-12,19,30H,13-18H2,1-4H3,(H,31,34). The highest BCUT2D eigenvalue weighted by molar-refractivity contribution is 7.09. The van der Waals surface area contributed by atoms with Gasteiger partial charge in [0.05, 0.1) is 24.1 Å². The second-order valence-electron chi connectivity index (χ2n) is 10.5. The molecule has 2 N–H and O–H groups in total. The van der Waals surface area contributed by atoms with Gasteiger partial charge in [-0.3, -0.25) is 9.59 Å². The van der Waals surface area contributed by atoms with Crippen molar-refractivity contribution in [2.24, 2.45) is 5.41 Å². The first kappa shape index (κ1) is 26.8. The lowest BCUT2D eigenvalue weighted by Crippen LogP contribution is -2.44. The topological polar surface area (TPSA) is 89.6 Å². The van der Waals surface area contributed by atoms with Crippen LogP contribution < -0.4 is 15.4 Å². The zero-order chi connectivity index (χ0) is 26.5. The van der Waals surface area contributed by atoms with Crippen molar-refractivity contribution < 1.29 is 19.1 Å². The summed E-state index contributed by atoms with van der Waals surface area (Å²) in [6, 6.07) is 15.8. The van der Waals surface area contributed by atoms with Crippen LogP contribution in [0, 0.1) is 5.41 Å². The van der Waals surface area contributed by atoms with E-state index in [1.54, 1.807) is 0 Å². The summed E-state index contributed by atoms with van der Waals surface area (Å²) in [5, 5.41) is 8.91. The molecule has 2 aromatic carbocycles. The molecule has 37 heavy (non-hydrogen) atoms. The molecule has 0 aliphatic heterocycles. The van der Waals surface area contributed by atoms with E-state index in [9.17, 15) is 9.59 Å². The molecule has 1 heterocycles. The number of benzene rings is 2. The third kappa shape index (κ3) is 6.96. The zero-order valence-corrected chi connectivity index (χ0v) is 22.7. The van der Waals surface area contributed by atoms with Gasteiger partial charge in [-0.25, -0.2) is 4.98 Å². The molecule has 0 saturated heterocycles. The summed E-state index contributed by atoms with van der Waals surface area (Å²) >= 11 is 1.50. The summed E-state index contributed by atoms with van der Waals surface area (Å²) in [7, 11) is 1.89. The summed E-state index contributed by atoms with van der Waals surface area (Å²) < 4.78 is 11.3. The van der Waals surface area contributed by atoms with Crippen molar-refractivity contribution in [2.45, 2.75) is 52.2 Å². The molecule has 0 bridgehead atoms. The molecule has 1 amide bonds. The molecular weight excluding hydrogens is 486 g/mol. The molecule has 0 atom stereocenters. The summed E-state index contributed by atoms with van der Waals surface area (Å²) in [5.41, 5.74) is 2.59. The molecule has 0 fully saturated rings. The van der Waals surface area contributed by atoms with E-state index in [1.807, 2.05) is 81.7 Å². The number of nitrogens with zero attached hydrogens (tertiary/aromatic N) is 1. The Morgan fingerprint density at radius 2 is 1.73 bits per heavy atom. The number of ether oxygens (including phenoxy) is 2. The number of thiazole rings is 1. The Balaban J connectivity index is 1.42. The third-order valence-corrected chi connectivity index (χ3v) is 7.13. The minimum atomic E-state index is -0.866. The SMILES string of the molecule is CNCCOc1ccc(-c2csc(CNC(=O)C3(CC(=O)OC(C)(C)C)Cc4ccccc4C3)n2)cc1. The second-order valence-corrected chi connectivity index (χ2v) is 11.4. The van der Waals surface area contributed by atoms with E-state index >= 15 is 0 Å². The van der Waals surface area contributed by atoms with Crippen LogP contribution in [0.25, 0.3) is 11.3 Å². The van der Waals surface area contributed by atoms with Crippen LogP contribution in [0.5, 0.6) is 5.75 Å². The van der Waals surface area contributed by atoms with Gasteiger partial charge in [-0.15, -0.1) is 11.3 Å². The highest BCUT2D eigenvalue weighted by atomic mass is 32.1. The Morgan fingerprint density at radius 1 is 1.05 bits per heavy atom. The fourth-order valence-electron chi connectivity index (χ4n) is 4.57. The van der Waals surface area contributed by atoms with E-state index in [0.717, 1.165) is 39.7 Å². The second kappa shape index (κ2) is 11.4. The lowest BCUT2D eigenvalue weighted by molar-refractivity contribution is -0.160. The highest BCUT2D eigenvalue weighted by Gasteiger charge is 2.46. The zero-order valence-electron chi connectivity index (χ0n) is 21.9. The Bertz CT molecular complexity index is 1210. The first-order chi connectivity index (χ1) is 17.7. The van der Waals surface area contributed by atoms with Crippen molar-refractivity contribution >= 4 is 23.2 Å². The van der Waals surface area contributed by atoms with Crippen molar-refractivity contribution in [3.8, 4) is 17.0 Å². The fourth-order valence-corrected chi connectivity index (χ4v) is 5.32. The van der Waals surface area contributed by atoms with E-state index in [2.05, 4.69) is 10.6 Å². The van der Waals surface area contributed by atoms with Crippen LogP contribution in [0.3, 0.4) is 0 Å². The quantitative estimate of drug-likeness (QED) is 0.301. The van der Waals surface area contributed by atoms with Crippen molar-refractivity contribution in [2.75, 3.05) is 20.2 Å². The molecule has 0 spiro atoms. The minimum Gasteiger partial charge on any atom is -0.492 e. The molecule has 0 saturated carbocycles. The van der Waals surface area contributed by atoms with Crippen molar-refractivity contribution in [1.29, 1.82) is 0 Å². The maximum absolute atomic E-state index is 13.6. The molecule has 0 unspecified atom stereocenters. The van der Waals surface area contributed by atoms with Gasteiger partial charge in [-0.2, -0.15) is 0 Å². The van der Waals surface area contributed by atoms with Crippen LogP contribution in [0.4, 0.5) is 0 Å². The van der Waals surface area contributed by atoms with Gasteiger partial charge in [0.2, 0.25) is 5.91 Å². The summed E-state index contributed by atoms with van der Waals surface area (Å²) in [5.74, 6) is 0.314. The molecular formula is C29H35N3O4S. The smallest absolute Gasteiger partial charge is 0.307 e. The normalized spacial score (nSPS) is 14.2. The Morgan fingerprint density at radius 3 is 2.35 bits per heavy atom. The molecule has 1 aliphatic carbocycles. The number of hydrogen-bond acceptors (Lipinski definition) is 7. The molecule has 7 nitrogen and oxygen atoms in total. The number of aromatic nitrogens is 1. The largest absolute Gasteiger partial charge is 0.492 e. The maximum Gasteiger partial charge on any atom is 0.307 e. The van der Waals surface area contributed by atoms with Crippen LogP contribution in [0.2, 0.25) is 0 Å². The molecule has 8 heteroatoms. The first-order valence-corrected chi connectivity index (χ1v) is 13.4. The van der Waals surface area contributed by atoms with E-state index in [-0.39, 0.29) is 18.3 Å². The number of likely N-dealkylation sites (N-methyl/N-ethyl adjacent to an activating group) is 1. The molecule has 1 aromatic heterocycles. The van der Waals surface area contributed by atoms with E-state index in [1.165, 1.54) is 11.3 Å². The molecule has 0 radical (unpaired) electrons. The van der Waals surface area contributed by atoms with E-state index in [4.69, 9.17) is 14.5 Å². The van der Waals surface area contributed by atoms with Gasteiger partial charge in [-0.05, 0) is 76.1 Å². The van der Waals surface area contributed by atoms with Gasteiger partial charge in [-0.1, -0.05) is 24.3 Å². The predicted octanol–water partition coefficient (Wildman–Crippen LogP) is 4.54. The Kier molecular flexibility index (Phi) is 8.29. The molecule has 3 aromatic rings. The third-order valence-electron chi connectivity index (χ3n) is 6.28. The molecule has 4 rings (SSSR count). The number of rotatable bonds is 10. The van der Waals surface area contributed by atoms with Crippen LogP contribution in [-0.2, 0) is 33.7 Å². The fraction of sp³-hybridized carbons (Fsp3) is 0.414. The van der Waals surface area contributed by atoms with Gasteiger partial charge in [0.15, 0.2) is 0 Å². The summed E-state index contributed by atoms with van der Waals surface area (Å²) in [6.45, 7) is 7.22. The van der Waals surface area contributed by atoms with E-state index in [0.29, 0.717) is 26.0 Å². The van der Waals surface area contributed by atoms with Crippen LogP contribution in [0.15, 0.2) is 53.9 Å². The van der Waals surface area contributed by atoms with Crippen molar-refractivity contribution in [1.82, 2.24) is 15.6 Å². The maximum atomic E-state index is 13.6. The Labute approximate surface area is 222 Å². The van der Waals surface area contributed by atoms with Crippen molar-refractivity contribution in [3.63, 3.8) is 0 Å². The molecule has 196 valence electrons. The average Bonchev–Trinajstić information content (AvgIpc) is 3.47. The van der Waals surface area contributed by atoms with Gasteiger partial charge in [0.1, 0.15) is 23.0 Å². The van der Waals surface area contributed by atoms with Gasteiger partial charge in [0.25, 0.3) is 0 Å². The van der Waals surface area contributed by atoms with Gasteiger partial charge < -0.3 is 20.1 Å². The first-order valence-electron chi connectivity index (χ1n) is 12.6. The van der Waals surface area contributed by atoms with Crippen molar-refractivity contribution in [3.05, 3.63) is 70.0 Å². The number of carbonyl (C=O) groups is 2. The van der Waals surface area contributed by atoms with E-state index < -0.39 is 11.0 Å². The Hall–Kier alpha value is -3.23. The van der Waals surface area contributed by atoms with Gasteiger partial charge >= 0.3 is 5.97 Å². The number of amides is 1. The lowest BCUT2D eigenvalue weighted by Gasteiger charge is -2.29. The highest BCUT2D eigenvalue weighted by Crippen LogP contribution is 2.41. The number of esters is 1.